The third kappa shape index (κ3) is 2.97. The number of benzene rings is 2. The van der Waals surface area contributed by atoms with Gasteiger partial charge < -0.3 is 4.98 Å². The summed E-state index contributed by atoms with van der Waals surface area (Å²) in [4.78, 5) is 18.5. The van der Waals surface area contributed by atoms with Crippen molar-refractivity contribution >= 4 is 51.7 Å². The highest BCUT2D eigenvalue weighted by Gasteiger charge is 2.10. The van der Waals surface area contributed by atoms with E-state index in [0.29, 0.717) is 20.7 Å². The Kier molecular flexibility index (Phi) is 3.75. The topological polar surface area (TPSA) is 71.8 Å². The molecule has 0 aliphatic carbocycles. The fourth-order valence-electron chi connectivity index (χ4n) is 1.82. The molecule has 0 aliphatic heterocycles. The van der Waals surface area contributed by atoms with Crippen LogP contribution in [-0.2, 0) is 0 Å². The lowest BCUT2D eigenvalue weighted by Crippen LogP contribution is -1.86. The molecule has 3 rings (SSSR count). The van der Waals surface area contributed by atoms with Crippen LogP contribution < -0.4 is 0 Å². The minimum atomic E-state index is -0.433. The van der Waals surface area contributed by atoms with E-state index in [-0.39, 0.29) is 5.69 Å². The molecule has 3 aromatic rings. The summed E-state index contributed by atoms with van der Waals surface area (Å²) in [5, 5.41) is 12.3. The number of imidazole rings is 1. The van der Waals surface area contributed by atoms with Gasteiger partial charge in [0.1, 0.15) is 5.52 Å². The molecular weight excluding hydrogens is 333 g/mol. The third-order valence-electron chi connectivity index (χ3n) is 2.75. The summed E-state index contributed by atoms with van der Waals surface area (Å²) in [5.74, 6) is 0. The van der Waals surface area contributed by atoms with Crippen LogP contribution in [0.15, 0.2) is 46.5 Å². The van der Waals surface area contributed by atoms with Crippen molar-refractivity contribution in [2.75, 3.05) is 0 Å². The maximum atomic E-state index is 10.6. The average Bonchev–Trinajstić information content (AvgIpc) is 2.82. The van der Waals surface area contributed by atoms with Crippen LogP contribution >= 0.6 is 35.0 Å². The first-order valence-electron chi connectivity index (χ1n) is 5.80. The second-order valence-electron chi connectivity index (χ2n) is 4.18. The predicted molar refractivity (Wildman–Crippen MR) is 83.3 cm³/mol. The van der Waals surface area contributed by atoms with E-state index in [0.717, 1.165) is 10.4 Å². The highest BCUT2D eigenvalue weighted by molar-refractivity contribution is 7.99. The lowest BCUT2D eigenvalue weighted by Gasteiger charge is -1.97. The fourth-order valence-corrected chi connectivity index (χ4v) is 3.14. The lowest BCUT2D eigenvalue weighted by molar-refractivity contribution is -0.384. The number of nitrogens with one attached hydrogen (secondary N) is 1. The average molecular weight is 340 g/mol. The van der Waals surface area contributed by atoms with Crippen LogP contribution in [0.1, 0.15) is 0 Å². The SMILES string of the molecule is O=[N+]([O-])c1ccc(Sc2nc3c(Cl)cc(Cl)cc3[nH]2)cc1. The summed E-state index contributed by atoms with van der Waals surface area (Å²) in [5.41, 5.74) is 1.45. The van der Waals surface area contributed by atoms with E-state index < -0.39 is 4.92 Å². The molecular formula is C13H7Cl2N3O2S. The predicted octanol–water partition coefficient (Wildman–Crippen LogP) is 4.93. The lowest BCUT2D eigenvalue weighted by atomic mass is 10.3. The zero-order valence-electron chi connectivity index (χ0n) is 10.3. The van der Waals surface area contributed by atoms with Gasteiger partial charge in [0.2, 0.25) is 0 Å². The Morgan fingerprint density at radius 2 is 1.90 bits per heavy atom. The van der Waals surface area contributed by atoms with Gasteiger partial charge in [0.25, 0.3) is 5.69 Å². The van der Waals surface area contributed by atoms with Crippen molar-refractivity contribution in [2.24, 2.45) is 0 Å². The summed E-state index contributed by atoms with van der Waals surface area (Å²) < 4.78 is 0. The second-order valence-corrected chi connectivity index (χ2v) is 6.08. The molecule has 8 heteroatoms. The Morgan fingerprint density at radius 1 is 1.19 bits per heavy atom. The van der Waals surface area contributed by atoms with E-state index in [1.807, 2.05) is 0 Å². The standard InChI is InChI=1S/C13H7Cl2N3O2S/c14-7-5-10(15)12-11(6-7)16-13(17-12)21-9-3-1-8(2-4-9)18(19)20/h1-6H,(H,16,17). The number of hydrogen-bond acceptors (Lipinski definition) is 4. The van der Waals surface area contributed by atoms with Gasteiger partial charge >= 0.3 is 0 Å². The molecule has 2 aromatic carbocycles. The monoisotopic (exact) mass is 339 g/mol. The Morgan fingerprint density at radius 3 is 2.57 bits per heavy atom. The largest absolute Gasteiger partial charge is 0.333 e. The minimum Gasteiger partial charge on any atom is -0.333 e. The molecule has 21 heavy (non-hydrogen) atoms. The summed E-state index contributed by atoms with van der Waals surface area (Å²) in [7, 11) is 0. The molecule has 0 saturated heterocycles. The summed E-state index contributed by atoms with van der Waals surface area (Å²) in [6, 6.07) is 9.63. The number of rotatable bonds is 3. The molecule has 0 saturated carbocycles. The van der Waals surface area contributed by atoms with E-state index in [2.05, 4.69) is 9.97 Å². The van der Waals surface area contributed by atoms with Crippen LogP contribution in [0.2, 0.25) is 10.0 Å². The summed E-state index contributed by atoms with van der Waals surface area (Å²) >= 11 is 13.4. The van der Waals surface area contributed by atoms with Crippen molar-refractivity contribution < 1.29 is 4.92 Å². The zero-order valence-corrected chi connectivity index (χ0v) is 12.7. The first kappa shape index (κ1) is 14.2. The number of aromatic nitrogens is 2. The van der Waals surface area contributed by atoms with Gasteiger partial charge in [-0.3, -0.25) is 10.1 Å². The molecule has 0 atom stereocenters. The molecule has 0 bridgehead atoms. The van der Waals surface area contributed by atoms with E-state index in [1.54, 1.807) is 24.3 Å². The molecule has 0 fully saturated rings. The second kappa shape index (κ2) is 5.55. The van der Waals surface area contributed by atoms with E-state index in [1.165, 1.54) is 23.9 Å². The van der Waals surface area contributed by atoms with Crippen molar-refractivity contribution in [3.8, 4) is 0 Å². The van der Waals surface area contributed by atoms with Crippen LogP contribution in [0.4, 0.5) is 5.69 Å². The molecule has 1 N–H and O–H groups in total. The molecule has 0 amide bonds. The van der Waals surface area contributed by atoms with Gasteiger partial charge in [-0.15, -0.1) is 0 Å². The van der Waals surface area contributed by atoms with Crippen LogP contribution in [0, 0.1) is 10.1 Å². The minimum absolute atomic E-state index is 0.0544. The fraction of sp³-hybridized carbons (Fsp3) is 0. The van der Waals surface area contributed by atoms with Crippen LogP contribution in [0.3, 0.4) is 0 Å². The van der Waals surface area contributed by atoms with Crippen molar-refractivity contribution in [2.45, 2.75) is 10.1 Å². The van der Waals surface area contributed by atoms with Crippen molar-refractivity contribution in [1.29, 1.82) is 0 Å². The maximum absolute atomic E-state index is 10.6. The highest BCUT2D eigenvalue weighted by Crippen LogP contribution is 2.32. The molecule has 106 valence electrons. The Labute approximate surface area is 133 Å². The molecule has 0 unspecified atom stereocenters. The maximum Gasteiger partial charge on any atom is 0.269 e. The molecule has 1 heterocycles. The van der Waals surface area contributed by atoms with Crippen molar-refractivity contribution in [3.63, 3.8) is 0 Å². The Bertz CT molecular complexity index is 833. The normalized spacial score (nSPS) is 11.0. The molecule has 5 nitrogen and oxygen atoms in total. The van der Waals surface area contributed by atoms with Gasteiger partial charge in [-0.2, -0.15) is 0 Å². The zero-order chi connectivity index (χ0) is 15.0. The van der Waals surface area contributed by atoms with Gasteiger partial charge in [-0.05, 0) is 24.3 Å². The number of nitro groups is 1. The number of halogens is 2. The molecule has 0 aliphatic rings. The number of H-pyrrole nitrogens is 1. The van der Waals surface area contributed by atoms with Gasteiger partial charge in [0.05, 0.1) is 15.5 Å². The van der Waals surface area contributed by atoms with Crippen molar-refractivity contribution in [3.05, 3.63) is 56.6 Å². The van der Waals surface area contributed by atoms with Crippen LogP contribution in [0.5, 0.6) is 0 Å². The first-order valence-corrected chi connectivity index (χ1v) is 7.37. The van der Waals surface area contributed by atoms with Gasteiger partial charge in [-0.1, -0.05) is 35.0 Å². The van der Waals surface area contributed by atoms with E-state index in [9.17, 15) is 10.1 Å². The summed E-state index contributed by atoms with van der Waals surface area (Å²) in [6.45, 7) is 0. The number of non-ortho nitro benzene ring substituents is 1. The van der Waals surface area contributed by atoms with Crippen molar-refractivity contribution in [1.82, 2.24) is 9.97 Å². The first-order chi connectivity index (χ1) is 10.0. The number of fused-ring (bicyclic) bond motifs is 1. The van der Waals surface area contributed by atoms with E-state index in [4.69, 9.17) is 23.2 Å². The number of hydrogen-bond donors (Lipinski definition) is 1. The quantitative estimate of drug-likeness (QED) is 0.542. The highest BCUT2D eigenvalue weighted by atomic mass is 35.5. The molecule has 1 aromatic heterocycles. The number of nitro benzene ring substituents is 1. The molecule has 0 radical (unpaired) electrons. The van der Waals surface area contributed by atoms with Gasteiger partial charge in [0.15, 0.2) is 5.16 Å². The molecule has 0 spiro atoms. The third-order valence-corrected chi connectivity index (χ3v) is 4.15. The van der Waals surface area contributed by atoms with Crippen LogP contribution in [-0.4, -0.2) is 14.9 Å². The van der Waals surface area contributed by atoms with Crippen LogP contribution in [0.25, 0.3) is 11.0 Å². The Balaban J connectivity index is 1.91. The smallest absolute Gasteiger partial charge is 0.269 e. The van der Waals surface area contributed by atoms with Gasteiger partial charge in [0, 0.05) is 22.1 Å². The number of aromatic amines is 1. The van der Waals surface area contributed by atoms with E-state index >= 15 is 0 Å². The number of nitrogens with zero attached hydrogens (tertiary/aromatic N) is 2. The van der Waals surface area contributed by atoms with Gasteiger partial charge in [-0.25, -0.2) is 4.98 Å². The Hall–Kier alpha value is -1.76. The summed E-state index contributed by atoms with van der Waals surface area (Å²) in [6.07, 6.45) is 0.